The topological polar surface area (TPSA) is 30.5 Å². The molecule has 1 N–H and O–H groups in total. The highest BCUT2D eigenvalue weighted by Gasteiger charge is 2.16. The molecule has 1 atom stereocenters. The maximum Gasteiger partial charge on any atom is 0.135 e. The second-order valence-corrected chi connectivity index (χ2v) is 4.67. The Labute approximate surface area is 124 Å². The number of hydrogen-bond donors (Lipinski definition) is 1. The molecular weight excluding hydrogens is 269 g/mol. The fourth-order valence-electron chi connectivity index (χ4n) is 2.09. The van der Waals surface area contributed by atoms with Crippen molar-refractivity contribution in [1.29, 1.82) is 0 Å². The quantitative estimate of drug-likeness (QED) is 0.860. The molecule has 0 aliphatic rings. The first-order valence-electron chi connectivity index (χ1n) is 7.02. The zero-order chi connectivity index (χ0) is 15.2. The summed E-state index contributed by atoms with van der Waals surface area (Å²) in [5.41, 5.74) is 0.516. The highest BCUT2D eigenvalue weighted by Crippen LogP contribution is 2.32. The van der Waals surface area contributed by atoms with Gasteiger partial charge in [-0.25, -0.2) is 4.39 Å². The summed E-state index contributed by atoms with van der Waals surface area (Å²) in [6.45, 7) is 4.40. The van der Waals surface area contributed by atoms with Crippen LogP contribution in [0.15, 0.2) is 42.5 Å². The maximum atomic E-state index is 14.0. The Morgan fingerprint density at radius 1 is 1.14 bits per heavy atom. The van der Waals surface area contributed by atoms with Crippen molar-refractivity contribution in [3.8, 4) is 17.2 Å². The van der Waals surface area contributed by atoms with Crippen molar-refractivity contribution in [3.05, 3.63) is 53.8 Å². The smallest absolute Gasteiger partial charge is 0.135 e. The van der Waals surface area contributed by atoms with Crippen LogP contribution in [-0.4, -0.2) is 13.7 Å². The molecule has 0 aliphatic carbocycles. The van der Waals surface area contributed by atoms with Gasteiger partial charge < -0.3 is 14.8 Å². The van der Waals surface area contributed by atoms with Crippen LogP contribution in [0.2, 0.25) is 0 Å². The van der Waals surface area contributed by atoms with Crippen LogP contribution in [0.5, 0.6) is 17.2 Å². The molecule has 0 aliphatic heterocycles. The van der Waals surface area contributed by atoms with Crippen molar-refractivity contribution in [1.82, 2.24) is 5.32 Å². The van der Waals surface area contributed by atoms with Gasteiger partial charge in [-0.3, -0.25) is 0 Å². The number of ether oxygens (including phenoxy) is 2. The summed E-state index contributed by atoms with van der Waals surface area (Å²) in [7, 11) is 1.79. The fourth-order valence-corrected chi connectivity index (χ4v) is 2.09. The van der Waals surface area contributed by atoms with E-state index in [-0.39, 0.29) is 11.9 Å². The van der Waals surface area contributed by atoms with E-state index in [2.05, 4.69) is 5.32 Å². The van der Waals surface area contributed by atoms with Crippen LogP contribution in [0.1, 0.15) is 25.5 Å². The van der Waals surface area contributed by atoms with Gasteiger partial charge in [-0.05, 0) is 45.2 Å². The van der Waals surface area contributed by atoms with Gasteiger partial charge in [0, 0.05) is 17.7 Å². The minimum atomic E-state index is -0.282. The SMILES string of the molecule is CCOc1cccc(Oc2cccc(F)c2C(C)NC)c1. The summed E-state index contributed by atoms with van der Waals surface area (Å²) in [5.74, 6) is 1.58. The van der Waals surface area contributed by atoms with Crippen LogP contribution in [0, 0.1) is 5.82 Å². The normalized spacial score (nSPS) is 12.0. The second-order valence-electron chi connectivity index (χ2n) is 4.67. The predicted molar refractivity (Wildman–Crippen MR) is 81.6 cm³/mol. The van der Waals surface area contributed by atoms with Crippen LogP contribution in [0.4, 0.5) is 4.39 Å². The van der Waals surface area contributed by atoms with E-state index in [0.29, 0.717) is 23.7 Å². The van der Waals surface area contributed by atoms with Crippen molar-refractivity contribution in [2.75, 3.05) is 13.7 Å². The van der Waals surface area contributed by atoms with Crippen LogP contribution < -0.4 is 14.8 Å². The molecule has 0 amide bonds. The van der Waals surface area contributed by atoms with E-state index in [0.717, 1.165) is 5.75 Å². The van der Waals surface area contributed by atoms with E-state index in [1.807, 2.05) is 32.0 Å². The lowest BCUT2D eigenvalue weighted by Gasteiger charge is -2.17. The first-order valence-corrected chi connectivity index (χ1v) is 7.02. The lowest BCUT2D eigenvalue weighted by Crippen LogP contribution is -2.14. The molecule has 2 aromatic carbocycles. The lowest BCUT2D eigenvalue weighted by atomic mass is 10.1. The van der Waals surface area contributed by atoms with E-state index < -0.39 is 0 Å². The van der Waals surface area contributed by atoms with E-state index in [1.165, 1.54) is 6.07 Å². The molecule has 0 aromatic heterocycles. The zero-order valence-corrected chi connectivity index (χ0v) is 12.5. The Balaban J connectivity index is 2.31. The van der Waals surface area contributed by atoms with Crippen molar-refractivity contribution in [2.45, 2.75) is 19.9 Å². The molecule has 0 bridgehead atoms. The summed E-state index contributed by atoms with van der Waals surface area (Å²) in [5, 5.41) is 3.04. The van der Waals surface area contributed by atoms with Crippen molar-refractivity contribution < 1.29 is 13.9 Å². The van der Waals surface area contributed by atoms with Gasteiger partial charge in [0.2, 0.25) is 0 Å². The Kier molecular flexibility index (Phi) is 5.17. The van der Waals surface area contributed by atoms with Crippen LogP contribution in [0.3, 0.4) is 0 Å². The van der Waals surface area contributed by atoms with Gasteiger partial charge in [-0.15, -0.1) is 0 Å². The van der Waals surface area contributed by atoms with Gasteiger partial charge in [0.05, 0.1) is 6.61 Å². The predicted octanol–water partition coefficient (Wildman–Crippen LogP) is 4.30. The Hall–Kier alpha value is -2.07. The largest absolute Gasteiger partial charge is 0.494 e. The van der Waals surface area contributed by atoms with Gasteiger partial charge in [0.15, 0.2) is 0 Å². The number of benzene rings is 2. The Morgan fingerprint density at radius 2 is 1.86 bits per heavy atom. The molecule has 21 heavy (non-hydrogen) atoms. The Morgan fingerprint density at radius 3 is 2.57 bits per heavy atom. The van der Waals surface area contributed by atoms with Crippen molar-refractivity contribution >= 4 is 0 Å². The number of hydrogen-bond acceptors (Lipinski definition) is 3. The molecule has 1 unspecified atom stereocenters. The van der Waals surface area contributed by atoms with E-state index in [4.69, 9.17) is 9.47 Å². The van der Waals surface area contributed by atoms with Crippen LogP contribution >= 0.6 is 0 Å². The highest BCUT2D eigenvalue weighted by molar-refractivity contribution is 5.42. The first-order chi connectivity index (χ1) is 10.2. The van der Waals surface area contributed by atoms with E-state index in [1.54, 1.807) is 25.2 Å². The summed E-state index contributed by atoms with van der Waals surface area (Å²) in [6.07, 6.45) is 0. The molecule has 0 spiro atoms. The summed E-state index contributed by atoms with van der Waals surface area (Å²) < 4.78 is 25.3. The summed E-state index contributed by atoms with van der Waals surface area (Å²) >= 11 is 0. The molecule has 0 fully saturated rings. The van der Waals surface area contributed by atoms with E-state index in [9.17, 15) is 4.39 Å². The molecule has 4 heteroatoms. The van der Waals surface area contributed by atoms with Crippen LogP contribution in [0.25, 0.3) is 0 Å². The summed E-state index contributed by atoms with van der Waals surface area (Å²) in [4.78, 5) is 0. The standard InChI is InChI=1S/C17H20FNO2/c1-4-20-13-7-5-8-14(11-13)21-16-10-6-9-15(18)17(16)12(2)19-3/h5-12,19H,4H2,1-3H3. The molecular formula is C17H20FNO2. The van der Waals surface area contributed by atoms with E-state index >= 15 is 0 Å². The van der Waals surface area contributed by atoms with Crippen molar-refractivity contribution in [2.24, 2.45) is 0 Å². The minimum Gasteiger partial charge on any atom is -0.494 e. The first kappa shape index (κ1) is 15.3. The average Bonchev–Trinajstić information content (AvgIpc) is 2.47. The van der Waals surface area contributed by atoms with Gasteiger partial charge in [0.25, 0.3) is 0 Å². The molecule has 0 saturated heterocycles. The molecule has 0 heterocycles. The molecule has 0 radical (unpaired) electrons. The van der Waals surface area contributed by atoms with Crippen LogP contribution in [-0.2, 0) is 0 Å². The third kappa shape index (κ3) is 3.73. The maximum absolute atomic E-state index is 14.0. The molecule has 2 aromatic rings. The second kappa shape index (κ2) is 7.09. The zero-order valence-electron chi connectivity index (χ0n) is 12.5. The van der Waals surface area contributed by atoms with Gasteiger partial charge in [-0.2, -0.15) is 0 Å². The number of rotatable bonds is 6. The highest BCUT2D eigenvalue weighted by atomic mass is 19.1. The average molecular weight is 289 g/mol. The fraction of sp³-hybridized carbons (Fsp3) is 0.294. The number of nitrogens with one attached hydrogen (secondary N) is 1. The summed E-state index contributed by atoms with van der Waals surface area (Å²) in [6, 6.07) is 12.0. The minimum absolute atomic E-state index is 0.142. The third-order valence-corrected chi connectivity index (χ3v) is 3.22. The van der Waals surface area contributed by atoms with Crippen molar-refractivity contribution in [3.63, 3.8) is 0 Å². The van der Waals surface area contributed by atoms with Gasteiger partial charge in [0.1, 0.15) is 23.1 Å². The van der Waals surface area contributed by atoms with Gasteiger partial charge >= 0.3 is 0 Å². The molecule has 0 saturated carbocycles. The molecule has 112 valence electrons. The molecule has 2 rings (SSSR count). The Bertz CT molecular complexity index is 601. The number of halogens is 1. The van der Waals surface area contributed by atoms with Gasteiger partial charge in [-0.1, -0.05) is 12.1 Å². The third-order valence-electron chi connectivity index (χ3n) is 3.22. The lowest BCUT2D eigenvalue weighted by molar-refractivity contribution is 0.338. The molecule has 3 nitrogen and oxygen atoms in total. The monoisotopic (exact) mass is 289 g/mol.